The van der Waals surface area contributed by atoms with Crippen molar-refractivity contribution in [1.82, 2.24) is 4.90 Å². The third-order valence-electron chi connectivity index (χ3n) is 3.64. The number of anilines is 1. The molecule has 20 heavy (non-hydrogen) atoms. The van der Waals surface area contributed by atoms with Crippen molar-refractivity contribution in [3.05, 3.63) is 35.4 Å². The van der Waals surface area contributed by atoms with Gasteiger partial charge in [-0.05, 0) is 50.6 Å². The molecule has 1 aliphatic heterocycles. The number of carbonyl (C=O) groups is 1. The molecule has 0 spiro atoms. The van der Waals surface area contributed by atoms with Crippen LogP contribution in [0.4, 0.5) is 5.69 Å². The first-order valence-corrected chi connectivity index (χ1v) is 7.30. The molecule has 0 radical (unpaired) electrons. The average molecular weight is 272 g/mol. The van der Waals surface area contributed by atoms with Crippen LogP contribution in [0.15, 0.2) is 24.3 Å². The van der Waals surface area contributed by atoms with Gasteiger partial charge in [0, 0.05) is 25.7 Å². The third kappa shape index (κ3) is 3.70. The number of carbonyl (C=O) groups excluding carboxylic acids is 1. The van der Waals surface area contributed by atoms with Gasteiger partial charge in [0.15, 0.2) is 0 Å². The molecule has 0 saturated heterocycles. The second-order valence-electron chi connectivity index (χ2n) is 5.68. The molecule has 0 unspecified atom stereocenters. The summed E-state index contributed by atoms with van der Waals surface area (Å²) in [5, 5.41) is 0. The van der Waals surface area contributed by atoms with E-state index in [2.05, 4.69) is 49.3 Å². The second-order valence-corrected chi connectivity index (χ2v) is 5.68. The highest BCUT2D eigenvalue weighted by Crippen LogP contribution is 2.28. The van der Waals surface area contributed by atoms with Crippen LogP contribution >= 0.6 is 0 Å². The topological polar surface area (TPSA) is 23.6 Å². The van der Waals surface area contributed by atoms with E-state index in [4.69, 9.17) is 0 Å². The largest absolute Gasteiger partial charge is 0.312 e. The summed E-state index contributed by atoms with van der Waals surface area (Å²) in [5.74, 6) is 0.141. The van der Waals surface area contributed by atoms with Crippen LogP contribution in [0.25, 0.3) is 6.08 Å². The summed E-state index contributed by atoms with van der Waals surface area (Å²) in [5.41, 5.74) is 3.56. The Kier molecular flexibility index (Phi) is 4.96. The Balaban J connectivity index is 2.27. The normalized spacial score (nSPS) is 15.5. The van der Waals surface area contributed by atoms with Crippen LogP contribution in [0.5, 0.6) is 0 Å². The van der Waals surface area contributed by atoms with Crippen molar-refractivity contribution in [2.45, 2.75) is 26.2 Å². The minimum absolute atomic E-state index is 0.141. The fourth-order valence-corrected chi connectivity index (χ4v) is 2.58. The first kappa shape index (κ1) is 14.8. The lowest BCUT2D eigenvalue weighted by atomic mass is 10.0. The molecular weight excluding hydrogens is 248 g/mol. The Morgan fingerprint density at radius 1 is 1.35 bits per heavy atom. The maximum Gasteiger partial charge on any atom is 0.223 e. The molecule has 0 aromatic heterocycles. The standard InChI is InChI=1S/C17H24N2O/c1-14(20)19-12-5-4-8-16-10-9-15(13-17(16)19)7-6-11-18(2)3/h6-7,9-10,13H,4-5,8,11-12H2,1-3H3/b7-6+. The van der Waals surface area contributed by atoms with Crippen LogP contribution in [0.1, 0.15) is 30.9 Å². The summed E-state index contributed by atoms with van der Waals surface area (Å²) in [6.45, 7) is 3.42. The number of nitrogens with zero attached hydrogens (tertiary/aromatic N) is 2. The van der Waals surface area contributed by atoms with Gasteiger partial charge in [0.1, 0.15) is 0 Å². The SMILES string of the molecule is CC(=O)N1CCCCc2ccc(/C=C/CN(C)C)cc21. The molecule has 2 rings (SSSR count). The number of amides is 1. The molecule has 0 saturated carbocycles. The highest BCUT2D eigenvalue weighted by atomic mass is 16.2. The smallest absolute Gasteiger partial charge is 0.223 e. The number of rotatable bonds is 3. The highest BCUT2D eigenvalue weighted by Gasteiger charge is 2.18. The van der Waals surface area contributed by atoms with E-state index in [0.717, 1.165) is 38.0 Å². The van der Waals surface area contributed by atoms with Gasteiger partial charge in [0.2, 0.25) is 5.91 Å². The van der Waals surface area contributed by atoms with Crippen LogP contribution in [0, 0.1) is 0 Å². The quantitative estimate of drug-likeness (QED) is 0.844. The Hall–Kier alpha value is -1.61. The van der Waals surface area contributed by atoms with Gasteiger partial charge in [-0.3, -0.25) is 4.79 Å². The lowest BCUT2D eigenvalue weighted by Crippen LogP contribution is -2.29. The molecule has 108 valence electrons. The van der Waals surface area contributed by atoms with E-state index in [-0.39, 0.29) is 5.91 Å². The fourth-order valence-electron chi connectivity index (χ4n) is 2.58. The molecule has 0 aliphatic carbocycles. The second kappa shape index (κ2) is 6.71. The molecule has 1 amide bonds. The molecule has 1 aromatic carbocycles. The Labute approximate surface area is 121 Å². The van der Waals surface area contributed by atoms with Crippen LogP contribution in [0.2, 0.25) is 0 Å². The zero-order valence-electron chi connectivity index (χ0n) is 12.7. The molecule has 1 aliphatic rings. The lowest BCUT2D eigenvalue weighted by Gasteiger charge is -2.21. The molecular formula is C17H24N2O. The fraction of sp³-hybridized carbons (Fsp3) is 0.471. The van der Waals surface area contributed by atoms with Crippen molar-refractivity contribution in [2.75, 3.05) is 32.1 Å². The molecule has 0 bridgehead atoms. The van der Waals surface area contributed by atoms with E-state index >= 15 is 0 Å². The van der Waals surface area contributed by atoms with Gasteiger partial charge in [-0.1, -0.05) is 24.3 Å². The molecule has 0 atom stereocenters. The predicted molar refractivity (Wildman–Crippen MR) is 85.0 cm³/mol. The van der Waals surface area contributed by atoms with E-state index in [0.29, 0.717) is 0 Å². The Morgan fingerprint density at radius 2 is 2.15 bits per heavy atom. The van der Waals surface area contributed by atoms with E-state index in [1.807, 2.05) is 4.90 Å². The van der Waals surface area contributed by atoms with Gasteiger partial charge in [-0.2, -0.15) is 0 Å². The first-order valence-electron chi connectivity index (χ1n) is 7.30. The highest BCUT2D eigenvalue weighted by molar-refractivity contribution is 5.92. The summed E-state index contributed by atoms with van der Waals surface area (Å²) < 4.78 is 0. The number of fused-ring (bicyclic) bond motifs is 1. The van der Waals surface area contributed by atoms with Crippen molar-refractivity contribution in [3.8, 4) is 0 Å². The van der Waals surface area contributed by atoms with Crippen LogP contribution in [-0.2, 0) is 11.2 Å². The zero-order valence-corrected chi connectivity index (χ0v) is 12.7. The minimum atomic E-state index is 0.141. The summed E-state index contributed by atoms with van der Waals surface area (Å²) in [6, 6.07) is 6.47. The van der Waals surface area contributed by atoms with Gasteiger partial charge in [-0.15, -0.1) is 0 Å². The van der Waals surface area contributed by atoms with Gasteiger partial charge in [-0.25, -0.2) is 0 Å². The molecule has 0 N–H and O–H groups in total. The zero-order chi connectivity index (χ0) is 14.5. The van der Waals surface area contributed by atoms with E-state index in [9.17, 15) is 4.79 Å². The van der Waals surface area contributed by atoms with Gasteiger partial charge >= 0.3 is 0 Å². The summed E-state index contributed by atoms with van der Waals surface area (Å²) in [6.07, 6.45) is 7.59. The molecule has 3 heteroatoms. The monoisotopic (exact) mass is 272 g/mol. The number of hydrogen-bond acceptors (Lipinski definition) is 2. The van der Waals surface area contributed by atoms with E-state index in [1.165, 1.54) is 11.1 Å². The summed E-state index contributed by atoms with van der Waals surface area (Å²) >= 11 is 0. The van der Waals surface area contributed by atoms with Gasteiger partial charge in [0.25, 0.3) is 0 Å². The summed E-state index contributed by atoms with van der Waals surface area (Å²) in [4.78, 5) is 15.9. The van der Waals surface area contributed by atoms with E-state index < -0.39 is 0 Å². The number of likely N-dealkylation sites (N-methyl/N-ethyl adjacent to an activating group) is 1. The number of hydrogen-bond donors (Lipinski definition) is 0. The molecule has 1 heterocycles. The average Bonchev–Trinajstić information content (AvgIpc) is 2.60. The third-order valence-corrected chi connectivity index (χ3v) is 3.64. The van der Waals surface area contributed by atoms with Crippen molar-refractivity contribution in [2.24, 2.45) is 0 Å². The number of benzene rings is 1. The summed E-state index contributed by atoms with van der Waals surface area (Å²) in [7, 11) is 4.11. The van der Waals surface area contributed by atoms with Crippen molar-refractivity contribution >= 4 is 17.7 Å². The Morgan fingerprint density at radius 3 is 2.85 bits per heavy atom. The maximum atomic E-state index is 11.8. The van der Waals surface area contributed by atoms with Crippen molar-refractivity contribution in [3.63, 3.8) is 0 Å². The van der Waals surface area contributed by atoms with Gasteiger partial charge < -0.3 is 9.80 Å². The van der Waals surface area contributed by atoms with Crippen molar-refractivity contribution < 1.29 is 4.79 Å². The predicted octanol–water partition coefficient (Wildman–Crippen LogP) is 2.95. The van der Waals surface area contributed by atoms with Crippen LogP contribution in [-0.4, -0.2) is 38.0 Å². The van der Waals surface area contributed by atoms with Crippen molar-refractivity contribution in [1.29, 1.82) is 0 Å². The number of aryl methyl sites for hydroxylation is 1. The van der Waals surface area contributed by atoms with Crippen LogP contribution < -0.4 is 4.90 Å². The van der Waals surface area contributed by atoms with Crippen LogP contribution in [0.3, 0.4) is 0 Å². The van der Waals surface area contributed by atoms with E-state index in [1.54, 1.807) is 6.92 Å². The Bertz CT molecular complexity index is 506. The first-order chi connectivity index (χ1) is 9.58. The maximum absolute atomic E-state index is 11.8. The molecule has 0 fully saturated rings. The minimum Gasteiger partial charge on any atom is -0.312 e. The lowest BCUT2D eigenvalue weighted by molar-refractivity contribution is -0.116. The molecule has 1 aromatic rings. The molecule has 3 nitrogen and oxygen atoms in total. The van der Waals surface area contributed by atoms with Gasteiger partial charge in [0.05, 0.1) is 0 Å².